The first-order valence-corrected chi connectivity index (χ1v) is 4.60. The van der Waals surface area contributed by atoms with Crippen LogP contribution in [0.2, 0.25) is 0 Å². The lowest BCUT2D eigenvalue weighted by Crippen LogP contribution is -2.12. The lowest BCUT2D eigenvalue weighted by Gasteiger charge is -2.15. The van der Waals surface area contributed by atoms with Gasteiger partial charge in [0.25, 0.3) is 0 Å². The third-order valence-electron chi connectivity index (χ3n) is 3.09. The summed E-state index contributed by atoms with van der Waals surface area (Å²) >= 11 is 0. The van der Waals surface area contributed by atoms with Crippen LogP contribution in [0.25, 0.3) is 0 Å². The topological polar surface area (TPSA) is 14.1 Å². The van der Waals surface area contributed by atoms with Crippen LogP contribution in [-0.2, 0) is 0 Å². The van der Waals surface area contributed by atoms with Crippen molar-refractivity contribution in [1.82, 2.24) is 5.32 Å². The van der Waals surface area contributed by atoms with Gasteiger partial charge in [0.2, 0.25) is 0 Å². The zero-order chi connectivity index (χ0) is 6.81. The van der Waals surface area contributed by atoms with Crippen LogP contribution in [-0.4, -0.2) is 13.1 Å². The Balaban J connectivity index is 1.85. The van der Waals surface area contributed by atoms with E-state index in [9.17, 15) is 0 Å². The molecule has 1 heteroatoms. The van der Waals surface area contributed by atoms with Crippen LogP contribution in [0.5, 0.6) is 0 Å². The minimum Gasteiger partial charge on any atom is -0.241 e. The van der Waals surface area contributed by atoms with Crippen LogP contribution in [0.15, 0.2) is 0 Å². The molecule has 0 aromatic heterocycles. The minimum absolute atomic E-state index is 0.988. The van der Waals surface area contributed by atoms with Crippen LogP contribution in [0.4, 0.5) is 0 Å². The van der Waals surface area contributed by atoms with Gasteiger partial charge in [-0.05, 0) is 18.3 Å². The van der Waals surface area contributed by atoms with E-state index < -0.39 is 0 Å². The summed E-state index contributed by atoms with van der Waals surface area (Å²) in [6.07, 6.45) is 7.37. The quantitative estimate of drug-likeness (QED) is 0.524. The average molecular weight is 138 g/mol. The van der Waals surface area contributed by atoms with Crippen LogP contribution in [0, 0.1) is 11.8 Å². The second-order valence-corrected chi connectivity index (χ2v) is 3.72. The summed E-state index contributed by atoms with van der Waals surface area (Å²) in [6, 6.07) is 0. The second-order valence-electron chi connectivity index (χ2n) is 3.72. The van der Waals surface area contributed by atoms with Crippen molar-refractivity contribution in [3.63, 3.8) is 0 Å². The lowest BCUT2D eigenvalue weighted by molar-refractivity contribution is 0.366. The summed E-state index contributed by atoms with van der Waals surface area (Å²) in [7, 11) is 0. The zero-order valence-corrected chi connectivity index (χ0v) is 6.55. The van der Waals surface area contributed by atoms with Gasteiger partial charge < -0.3 is 0 Å². The van der Waals surface area contributed by atoms with E-state index in [0.717, 1.165) is 18.4 Å². The molecule has 1 aliphatic heterocycles. The van der Waals surface area contributed by atoms with E-state index >= 15 is 0 Å². The monoisotopic (exact) mass is 138 g/mol. The molecule has 1 atom stereocenters. The molecule has 2 aliphatic rings. The van der Waals surface area contributed by atoms with Crippen LogP contribution in [0.3, 0.4) is 0 Å². The molecule has 0 spiro atoms. The normalized spacial score (nSPS) is 35.4. The molecule has 57 valence electrons. The highest BCUT2D eigenvalue weighted by molar-refractivity contribution is 4.80. The third kappa shape index (κ3) is 1.20. The fourth-order valence-corrected chi connectivity index (χ4v) is 2.42. The van der Waals surface area contributed by atoms with Gasteiger partial charge in [-0.25, -0.2) is 5.32 Å². The zero-order valence-electron chi connectivity index (χ0n) is 6.55. The van der Waals surface area contributed by atoms with E-state index in [1.54, 1.807) is 0 Å². The molecular formula is C9H16N. The number of hydrogen-bond acceptors (Lipinski definition) is 0. The number of rotatable bonds is 1. The van der Waals surface area contributed by atoms with E-state index in [1.165, 1.54) is 38.6 Å². The molecule has 2 fully saturated rings. The Morgan fingerprint density at radius 3 is 2.30 bits per heavy atom. The minimum atomic E-state index is 0.988. The second kappa shape index (κ2) is 2.91. The predicted octanol–water partition coefficient (Wildman–Crippen LogP) is 1.80. The van der Waals surface area contributed by atoms with Gasteiger partial charge in [-0.1, -0.05) is 25.7 Å². The van der Waals surface area contributed by atoms with Crippen molar-refractivity contribution in [2.75, 3.05) is 13.1 Å². The van der Waals surface area contributed by atoms with Gasteiger partial charge in [0.15, 0.2) is 0 Å². The Bertz CT molecular complexity index is 85.3. The summed E-state index contributed by atoms with van der Waals surface area (Å²) < 4.78 is 0. The van der Waals surface area contributed by atoms with Crippen molar-refractivity contribution in [3.8, 4) is 0 Å². The van der Waals surface area contributed by atoms with Gasteiger partial charge in [-0.15, -0.1) is 0 Å². The standard InChI is InChI=1S/C9H16N/c1-2-4-8(3-1)9-5-6-10-7-9/h8-9H,1-7H2. The Hall–Kier alpha value is -0.0400. The van der Waals surface area contributed by atoms with E-state index in [4.69, 9.17) is 0 Å². The molecule has 0 bridgehead atoms. The third-order valence-corrected chi connectivity index (χ3v) is 3.09. The number of hydrogen-bond donors (Lipinski definition) is 0. The Labute approximate surface area is 63.2 Å². The first-order chi connectivity index (χ1) is 4.97. The predicted molar refractivity (Wildman–Crippen MR) is 41.9 cm³/mol. The molecule has 10 heavy (non-hydrogen) atoms. The molecule has 0 aromatic rings. The maximum Gasteiger partial charge on any atom is 0.0164 e. The molecule has 1 nitrogen and oxygen atoms in total. The average Bonchev–Trinajstić information content (AvgIpc) is 2.59. The number of nitrogens with zero attached hydrogens (tertiary/aromatic N) is 1. The van der Waals surface area contributed by atoms with Crippen LogP contribution in [0.1, 0.15) is 32.1 Å². The van der Waals surface area contributed by atoms with Gasteiger partial charge in [0.05, 0.1) is 0 Å². The Morgan fingerprint density at radius 2 is 1.70 bits per heavy atom. The largest absolute Gasteiger partial charge is 0.241 e. The van der Waals surface area contributed by atoms with E-state index in [2.05, 4.69) is 5.32 Å². The molecule has 1 saturated carbocycles. The van der Waals surface area contributed by atoms with Crippen molar-refractivity contribution in [1.29, 1.82) is 0 Å². The molecule has 1 heterocycles. The fourth-order valence-electron chi connectivity index (χ4n) is 2.42. The van der Waals surface area contributed by atoms with Gasteiger partial charge in [-0.2, -0.15) is 0 Å². The summed E-state index contributed by atoms with van der Waals surface area (Å²) in [5, 5.41) is 4.41. The highest BCUT2D eigenvalue weighted by Crippen LogP contribution is 2.34. The molecule has 0 amide bonds. The van der Waals surface area contributed by atoms with E-state index in [0.29, 0.717) is 0 Å². The van der Waals surface area contributed by atoms with Crippen LogP contribution >= 0.6 is 0 Å². The lowest BCUT2D eigenvalue weighted by atomic mass is 9.90. The summed E-state index contributed by atoms with van der Waals surface area (Å²) in [5.74, 6) is 2.05. The van der Waals surface area contributed by atoms with E-state index in [1.807, 2.05) is 0 Å². The molecular weight excluding hydrogens is 122 g/mol. The molecule has 1 unspecified atom stereocenters. The molecule has 1 radical (unpaired) electrons. The van der Waals surface area contributed by atoms with E-state index in [-0.39, 0.29) is 0 Å². The Kier molecular flexibility index (Phi) is 1.94. The SMILES string of the molecule is C1CCC(C2CC[N]C2)C1. The van der Waals surface area contributed by atoms with Crippen molar-refractivity contribution in [3.05, 3.63) is 0 Å². The first kappa shape index (κ1) is 6.66. The first-order valence-electron chi connectivity index (χ1n) is 4.60. The molecule has 1 aliphatic carbocycles. The van der Waals surface area contributed by atoms with Crippen LogP contribution < -0.4 is 5.32 Å². The van der Waals surface area contributed by atoms with Crippen molar-refractivity contribution < 1.29 is 0 Å². The van der Waals surface area contributed by atoms with Gasteiger partial charge >= 0.3 is 0 Å². The molecule has 1 saturated heterocycles. The molecule has 2 rings (SSSR count). The summed E-state index contributed by atoms with van der Waals surface area (Å²) in [6.45, 7) is 2.34. The van der Waals surface area contributed by atoms with Crippen molar-refractivity contribution >= 4 is 0 Å². The molecule has 0 aromatic carbocycles. The van der Waals surface area contributed by atoms with Crippen molar-refractivity contribution in [2.45, 2.75) is 32.1 Å². The summed E-state index contributed by atoms with van der Waals surface area (Å²) in [4.78, 5) is 0. The fraction of sp³-hybridized carbons (Fsp3) is 1.00. The van der Waals surface area contributed by atoms with Gasteiger partial charge in [0.1, 0.15) is 0 Å². The van der Waals surface area contributed by atoms with Gasteiger partial charge in [0, 0.05) is 13.1 Å². The maximum atomic E-state index is 4.41. The Morgan fingerprint density at radius 1 is 0.900 bits per heavy atom. The highest BCUT2D eigenvalue weighted by Gasteiger charge is 2.27. The molecule has 0 N–H and O–H groups in total. The van der Waals surface area contributed by atoms with Gasteiger partial charge in [-0.3, -0.25) is 0 Å². The smallest absolute Gasteiger partial charge is 0.0164 e. The van der Waals surface area contributed by atoms with Crippen molar-refractivity contribution in [2.24, 2.45) is 11.8 Å². The highest BCUT2D eigenvalue weighted by atomic mass is 14.9. The maximum absolute atomic E-state index is 4.41. The summed E-state index contributed by atoms with van der Waals surface area (Å²) in [5.41, 5.74) is 0.